The molecule has 0 radical (unpaired) electrons. The second-order valence-electron chi connectivity index (χ2n) is 2.72. The van der Waals surface area contributed by atoms with Crippen LogP contribution in [0.1, 0.15) is 23.4 Å². The fourth-order valence-electron chi connectivity index (χ4n) is 1.45. The van der Waals surface area contributed by atoms with Crippen LogP contribution in [0.4, 0.5) is 0 Å². The Hall–Kier alpha value is -0.340. The summed E-state index contributed by atoms with van der Waals surface area (Å²) in [4.78, 5) is 1.58. The number of hydrogen-bond acceptors (Lipinski definition) is 2. The Labute approximate surface area is 65.1 Å². The second-order valence-corrected chi connectivity index (χ2v) is 3.73. The predicted octanol–water partition coefficient (Wildman–Crippen LogP) is 1.95. The lowest BCUT2D eigenvalue weighted by Gasteiger charge is -2.19. The zero-order chi connectivity index (χ0) is 6.97. The third-order valence-corrected chi connectivity index (χ3v) is 3.05. The minimum Gasteiger partial charge on any atom is -0.310 e. The molecule has 2 heterocycles. The molecule has 0 saturated heterocycles. The Balaban J connectivity index is 2.41. The predicted molar refractivity (Wildman–Crippen MR) is 44.4 cm³/mol. The van der Waals surface area contributed by atoms with Crippen molar-refractivity contribution in [2.24, 2.45) is 0 Å². The Bertz CT molecular complexity index is 229. The van der Waals surface area contributed by atoms with Gasteiger partial charge in [0.15, 0.2) is 0 Å². The van der Waals surface area contributed by atoms with Gasteiger partial charge < -0.3 is 5.32 Å². The summed E-state index contributed by atoms with van der Waals surface area (Å²) in [6.07, 6.45) is 1.22. The first-order chi connectivity index (χ1) is 4.88. The lowest BCUT2D eigenvalue weighted by Crippen LogP contribution is -2.26. The smallest absolute Gasteiger partial charge is 0.0302 e. The van der Waals surface area contributed by atoms with Gasteiger partial charge in [0, 0.05) is 17.5 Å². The van der Waals surface area contributed by atoms with Gasteiger partial charge in [0.2, 0.25) is 0 Å². The van der Waals surface area contributed by atoms with Crippen molar-refractivity contribution in [2.75, 3.05) is 6.54 Å². The topological polar surface area (TPSA) is 12.0 Å². The first kappa shape index (κ1) is 6.38. The van der Waals surface area contributed by atoms with Gasteiger partial charge >= 0.3 is 0 Å². The normalized spacial score (nSPS) is 24.3. The van der Waals surface area contributed by atoms with E-state index in [0.717, 1.165) is 6.54 Å². The van der Waals surface area contributed by atoms with Gasteiger partial charge in [-0.15, -0.1) is 11.3 Å². The molecule has 2 rings (SSSR count). The first-order valence-electron chi connectivity index (χ1n) is 3.67. The van der Waals surface area contributed by atoms with Crippen LogP contribution in [0.2, 0.25) is 0 Å². The van der Waals surface area contributed by atoms with E-state index in [1.165, 1.54) is 12.0 Å². The molecule has 0 aromatic carbocycles. The van der Waals surface area contributed by atoms with Crippen LogP contribution in [-0.4, -0.2) is 6.54 Å². The highest BCUT2D eigenvalue weighted by molar-refractivity contribution is 7.10. The largest absolute Gasteiger partial charge is 0.310 e. The third kappa shape index (κ3) is 0.879. The third-order valence-electron chi connectivity index (χ3n) is 2.05. The van der Waals surface area contributed by atoms with Crippen molar-refractivity contribution in [2.45, 2.75) is 19.4 Å². The van der Waals surface area contributed by atoms with E-state index < -0.39 is 0 Å². The Morgan fingerprint density at radius 3 is 3.40 bits per heavy atom. The highest BCUT2D eigenvalue weighted by Crippen LogP contribution is 2.26. The minimum atomic E-state index is 0.579. The van der Waals surface area contributed by atoms with E-state index in [-0.39, 0.29) is 0 Å². The number of hydrogen-bond donors (Lipinski definition) is 1. The fraction of sp³-hybridized carbons (Fsp3) is 0.500. The summed E-state index contributed by atoms with van der Waals surface area (Å²) >= 11 is 1.89. The summed E-state index contributed by atoms with van der Waals surface area (Å²) in [5, 5.41) is 5.62. The number of rotatable bonds is 0. The number of fused-ring (bicyclic) bond motifs is 1. The van der Waals surface area contributed by atoms with Crippen molar-refractivity contribution < 1.29 is 0 Å². The van der Waals surface area contributed by atoms with Gasteiger partial charge in [-0.2, -0.15) is 0 Å². The lowest BCUT2D eigenvalue weighted by molar-refractivity contribution is 0.547. The van der Waals surface area contributed by atoms with Gasteiger partial charge in [0.25, 0.3) is 0 Å². The van der Waals surface area contributed by atoms with Gasteiger partial charge in [-0.3, -0.25) is 0 Å². The average Bonchev–Trinajstić information content (AvgIpc) is 2.36. The SMILES string of the molecule is C[C@H]1NCCc2sccc21. The summed E-state index contributed by atoms with van der Waals surface area (Å²) in [6.45, 7) is 3.37. The van der Waals surface area contributed by atoms with E-state index in [4.69, 9.17) is 0 Å². The molecule has 0 amide bonds. The summed E-state index contributed by atoms with van der Waals surface area (Å²) in [7, 11) is 0. The van der Waals surface area contributed by atoms with Gasteiger partial charge in [-0.25, -0.2) is 0 Å². The molecule has 1 nitrogen and oxygen atoms in total. The fourth-order valence-corrected chi connectivity index (χ4v) is 2.43. The molecule has 1 N–H and O–H groups in total. The van der Waals surface area contributed by atoms with Gasteiger partial charge in [-0.1, -0.05) is 0 Å². The van der Waals surface area contributed by atoms with Crippen LogP contribution in [0.3, 0.4) is 0 Å². The van der Waals surface area contributed by atoms with Gasteiger partial charge in [0.05, 0.1) is 0 Å². The quantitative estimate of drug-likeness (QED) is 0.600. The van der Waals surface area contributed by atoms with Gasteiger partial charge in [0.1, 0.15) is 0 Å². The molecule has 1 aromatic heterocycles. The maximum atomic E-state index is 3.43. The Morgan fingerprint density at radius 1 is 1.70 bits per heavy atom. The molecule has 1 aromatic rings. The van der Waals surface area contributed by atoms with Crippen molar-refractivity contribution in [3.05, 3.63) is 21.9 Å². The molecule has 1 aliphatic heterocycles. The minimum absolute atomic E-state index is 0.579. The standard InChI is InChI=1S/C8H11NS/c1-6-7-3-5-10-8(7)2-4-9-6/h3,5-6,9H,2,4H2,1H3/t6-/m1/s1. The molecule has 1 aliphatic rings. The molecular formula is C8H11NS. The van der Waals surface area contributed by atoms with Crippen LogP contribution in [0, 0.1) is 0 Å². The van der Waals surface area contributed by atoms with Crippen LogP contribution in [0.5, 0.6) is 0 Å². The van der Waals surface area contributed by atoms with Crippen molar-refractivity contribution in [3.8, 4) is 0 Å². The lowest BCUT2D eigenvalue weighted by atomic mass is 10.0. The van der Waals surface area contributed by atoms with Crippen LogP contribution >= 0.6 is 11.3 Å². The maximum Gasteiger partial charge on any atom is 0.0302 e. The van der Waals surface area contributed by atoms with Crippen molar-refractivity contribution in [1.29, 1.82) is 0 Å². The first-order valence-corrected chi connectivity index (χ1v) is 4.55. The summed E-state index contributed by atoms with van der Waals surface area (Å²) in [5.41, 5.74) is 1.51. The van der Waals surface area contributed by atoms with E-state index in [0.29, 0.717) is 6.04 Å². The number of thiophene rings is 1. The summed E-state index contributed by atoms with van der Waals surface area (Å²) < 4.78 is 0. The van der Waals surface area contributed by atoms with Crippen LogP contribution in [-0.2, 0) is 6.42 Å². The summed E-state index contributed by atoms with van der Waals surface area (Å²) in [6, 6.07) is 2.81. The van der Waals surface area contributed by atoms with Crippen molar-refractivity contribution in [3.63, 3.8) is 0 Å². The monoisotopic (exact) mass is 153 g/mol. The van der Waals surface area contributed by atoms with Crippen LogP contribution < -0.4 is 5.32 Å². The molecule has 0 fully saturated rings. The van der Waals surface area contributed by atoms with Crippen LogP contribution in [0.15, 0.2) is 11.4 Å². The summed E-state index contributed by atoms with van der Waals surface area (Å²) in [5.74, 6) is 0. The zero-order valence-corrected chi connectivity index (χ0v) is 6.87. The zero-order valence-electron chi connectivity index (χ0n) is 6.05. The van der Waals surface area contributed by atoms with E-state index >= 15 is 0 Å². The van der Waals surface area contributed by atoms with Crippen LogP contribution in [0.25, 0.3) is 0 Å². The Kier molecular flexibility index (Phi) is 1.51. The van der Waals surface area contributed by atoms with E-state index in [9.17, 15) is 0 Å². The van der Waals surface area contributed by atoms with Gasteiger partial charge in [-0.05, 0) is 30.4 Å². The molecule has 0 aliphatic carbocycles. The number of nitrogens with one attached hydrogen (secondary N) is 1. The average molecular weight is 153 g/mol. The maximum absolute atomic E-state index is 3.43. The van der Waals surface area contributed by atoms with E-state index in [1.54, 1.807) is 4.88 Å². The molecule has 0 bridgehead atoms. The molecule has 0 saturated carbocycles. The molecule has 0 spiro atoms. The van der Waals surface area contributed by atoms with Crippen molar-refractivity contribution >= 4 is 11.3 Å². The Morgan fingerprint density at radius 2 is 2.60 bits per heavy atom. The van der Waals surface area contributed by atoms with E-state index in [2.05, 4.69) is 23.7 Å². The van der Waals surface area contributed by atoms with E-state index in [1.807, 2.05) is 11.3 Å². The molecule has 10 heavy (non-hydrogen) atoms. The highest BCUT2D eigenvalue weighted by Gasteiger charge is 2.15. The molecule has 0 unspecified atom stereocenters. The highest BCUT2D eigenvalue weighted by atomic mass is 32.1. The molecule has 54 valence electrons. The second kappa shape index (κ2) is 2.36. The molecule has 2 heteroatoms. The molecule has 1 atom stereocenters. The molecular weight excluding hydrogens is 142 g/mol. The van der Waals surface area contributed by atoms with Crippen molar-refractivity contribution in [1.82, 2.24) is 5.32 Å².